The first-order valence-corrected chi connectivity index (χ1v) is 6.86. The third-order valence-corrected chi connectivity index (χ3v) is 3.48. The van der Waals surface area contributed by atoms with Crippen LogP contribution in [0.25, 0.3) is 0 Å². The van der Waals surface area contributed by atoms with Gasteiger partial charge in [0.05, 0.1) is 11.6 Å². The van der Waals surface area contributed by atoms with Crippen molar-refractivity contribution in [2.24, 2.45) is 0 Å². The van der Waals surface area contributed by atoms with Crippen LogP contribution in [-0.2, 0) is 6.54 Å². The van der Waals surface area contributed by atoms with Crippen molar-refractivity contribution in [1.82, 2.24) is 0 Å². The van der Waals surface area contributed by atoms with Crippen LogP contribution in [0.4, 0.5) is 11.4 Å². The lowest BCUT2D eigenvalue weighted by molar-refractivity contribution is 0.412. The van der Waals surface area contributed by atoms with E-state index in [1.165, 1.54) is 5.56 Å². The summed E-state index contributed by atoms with van der Waals surface area (Å²) in [6.45, 7) is 0.786. The third kappa shape index (κ3) is 3.64. The molecule has 0 unspecified atom stereocenters. The molecule has 2 aromatic rings. The van der Waals surface area contributed by atoms with Crippen LogP contribution in [0.5, 0.6) is 5.75 Å². The molecule has 0 amide bonds. The van der Waals surface area contributed by atoms with Crippen molar-refractivity contribution in [2.75, 3.05) is 24.8 Å². The van der Waals surface area contributed by atoms with Gasteiger partial charge >= 0.3 is 0 Å². The normalized spacial score (nSPS) is 10.1. The molecule has 3 nitrogen and oxygen atoms in total. The lowest BCUT2D eigenvalue weighted by atomic mass is 10.2. The van der Waals surface area contributed by atoms with Crippen molar-refractivity contribution in [3.63, 3.8) is 0 Å². The molecule has 0 atom stereocenters. The topological polar surface area (TPSA) is 33.3 Å². The van der Waals surface area contributed by atoms with Gasteiger partial charge in [0.25, 0.3) is 0 Å². The highest BCUT2D eigenvalue weighted by Gasteiger charge is 2.01. The van der Waals surface area contributed by atoms with Crippen LogP contribution < -0.4 is 15.4 Å². The summed E-state index contributed by atoms with van der Waals surface area (Å²) in [5, 5.41) is 6.53. The van der Waals surface area contributed by atoms with Crippen molar-refractivity contribution < 1.29 is 4.74 Å². The fourth-order valence-corrected chi connectivity index (χ4v) is 2.36. The number of halogens is 1. The Hall–Kier alpha value is -1.68. The monoisotopic (exact) mass is 320 g/mol. The van der Waals surface area contributed by atoms with Gasteiger partial charge in [-0.05, 0) is 51.8 Å². The zero-order valence-corrected chi connectivity index (χ0v) is 12.6. The Balaban J connectivity index is 2.03. The summed E-state index contributed by atoms with van der Waals surface area (Å²) in [6, 6.07) is 14.3. The largest absolute Gasteiger partial charge is 0.496 e. The third-order valence-electron chi connectivity index (χ3n) is 2.86. The Labute approximate surface area is 122 Å². The number of hydrogen-bond acceptors (Lipinski definition) is 3. The molecule has 0 aliphatic heterocycles. The smallest absolute Gasteiger partial charge is 0.133 e. The molecule has 0 aromatic heterocycles. The zero-order chi connectivity index (χ0) is 13.7. The Morgan fingerprint density at radius 1 is 1.11 bits per heavy atom. The van der Waals surface area contributed by atoms with E-state index in [9.17, 15) is 0 Å². The van der Waals surface area contributed by atoms with E-state index in [1.54, 1.807) is 7.11 Å². The highest BCUT2D eigenvalue weighted by molar-refractivity contribution is 9.10. The van der Waals surface area contributed by atoms with Crippen molar-refractivity contribution in [3.8, 4) is 5.75 Å². The second kappa shape index (κ2) is 6.48. The van der Waals surface area contributed by atoms with Gasteiger partial charge in [-0.15, -0.1) is 0 Å². The number of nitrogens with one attached hydrogen (secondary N) is 2. The molecule has 19 heavy (non-hydrogen) atoms. The van der Waals surface area contributed by atoms with Crippen LogP contribution >= 0.6 is 15.9 Å². The van der Waals surface area contributed by atoms with Crippen LogP contribution in [-0.4, -0.2) is 14.2 Å². The van der Waals surface area contributed by atoms with Crippen LogP contribution in [0.15, 0.2) is 46.9 Å². The first-order chi connectivity index (χ1) is 9.22. The van der Waals surface area contributed by atoms with E-state index in [4.69, 9.17) is 4.74 Å². The summed E-state index contributed by atoms with van der Waals surface area (Å²) < 4.78 is 6.16. The second-order valence-corrected chi connectivity index (χ2v) is 5.01. The van der Waals surface area contributed by atoms with Gasteiger partial charge in [0.2, 0.25) is 0 Å². The SMILES string of the molecule is CNc1cccc(CNc2ccc(OC)c(Br)c2)c1. The maximum absolute atomic E-state index is 5.21. The van der Waals surface area contributed by atoms with E-state index in [2.05, 4.69) is 38.7 Å². The van der Waals surface area contributed by atoms with Gasteiger partial charge in [-0.2, -0.15) is 0 Å². The van der Waals surface area contributed by atoms with Crippen molar-refractivity contribution in [2.45, 2.75) is 6.54 Å². The number of methoxy groups -OCH3 is 1. The van der Waals surface area contributed by atoms with Gasteiger partial charge in [-0.1, -0.05) is 12.1 Å². The number of hydrogen-bond donors (Lipinski definition) is 2. The van der Waals surface area contributed by atoms with E-state index < -0.39 is 0 Å². The molecule has 0 heterocycles. The van der Waals surface area contributed by atoms with Crippen molar-refractivity contribution in [1.29, 1.82) is 0 Å². The fourth-order valence-electron chi connectivity index (χ4n) is 1.82. The van der Waals surface area contributed by atoms with Crippen LogP contribution in [0.2, 0.25) is 0 Å². The molecule has 100 valence electrons. The van der Waals surface area contributed by atoms with Crippen molar-refractivity contribution in [3.05, 3.63) is 52.5 Å². The van der Waals surface area contributed by atoms with Gasteiger partial charge < -0.3 is 15.4 Å². The summed E-state index contributed by atoms with van der Waals surface area (Å²) >= 11 is 3.48. The molecule has 2 aromatic carbocycles. The summed E-state index contributed by atoms with van der Waals surface area (Å²) in [5.74, 6) is 0.836. The Bertz CT molecular complexity index is 558. The number of anilines is 2. The van der Waals surface area contributed by atoms with Crippen LogP contribution in [0, 0.1) is 0 Å². The molecule has 0 bridgehead atoms. The predicted octanol–water partition coefficient (Wildman–Crippen LogP) is 4.11. The van der Waals surface area contributed by atoms with Gasteiger partial charge in [-0.3, -0.25) is 0 Å². The predicted molar refractivity (Wildman–Crippen MR) is 84.0 cm³/mol. The minimum Gasteiger partial charge on any atom is -0.496 e. The first-order valence-electron chi connectivity index (χ1n) is 6.07. The first kappa shape index (κ1) is 13.7. The maximum atomic E-state index is 5.21. The fraction of sp³-hybridized carbons (Fsp3) is 0.200. The highest BCUT2D eigenvalue weighted by atomic mass is 79.9. The molecule has 0 spiro atoms. The summed E-state index contributed by atoms with van der Waals surface area (Å²) in [5.41, 5.74) is 3.41. The average molecular weight is 321 g/mol. The highest BCUT2D eigenvalue weighted by Crippen LogP contribution is 2.27. The average Bonchev–Trinajstić information content (AvgIpc) is 2.45. The molecule has 2 N–H and O–H groups in total. The molecular formula is C15H17BrN2O. The standard InChI is InChI=1S/C15H17BrN2O/c1-17-12-5-3-4-11(8-12)10-18-13-6-7-15(19-2)14(16)9-13/h3-9,17-18H,10H2,1-2H3. The summed E-state index contributed by atoms with van der Waals surface area (Å²) in [6.07, 6.45) is 0. The minimum absolute atomic E-state index is 0.786. The molecule has 0 aliphatic carbocycles. The van der Waals surface area contributed by atoms with E-state index in [0.29, 0.717) is 0 Å². The molecule has 0 saturated heterocycles. The number of benzene rings is 2. The molecular weight excluding hydrogens is 304 g/mol. The van der Waals surface area contributed by atoms with Gasteiger partial charge in [-0.25, -0.2) is 0 Å². The Morgan fingerprint density at radius 2 is 1.95 bits per heavy atom. The van der Waals surface area contributed by atoms with Crippen LogP contribution in [0.3, 0.4) is 0 Å². The Kier molecular flexibility index (Phi) is 4.68. The maximum Gasteiger partial charge on any atom is 0.133 e. The molecule has 4 heteroatoms. The van der Waals surface area contributed by atoms with Crippen LogP contribution in [0.1, 0.15) is 5.56 Å². The summed E-state index contributed by atoms with van der Waals surface area (Å²) in [4.78, 5) is 0. The molecule has 0 radical (unpaired) electrons. The lowest BCUT2D eigenvalue weighted by Crippen LogP contribution is -2.00. The van der Waals surface area contributed by atoms with Crippen molar-refractivity contribution >= 4 is 27.3 Å². The van der Waals surface area contributed by atoms with E-state index >= 15 is 0 Å². The molecule has 0 fully saturated rings. The molecule has 0 aliphatic rings. The molecule has 0 saturated carbocycles. The molecule has 2 rings (SSSR count). The lowest BCUT2D eigenvalue weighted by Gasteiger charge is -2.10. The number of rotatable bonds is 5. The zero-order valence-electron chi connectivity index (χ0n) is 11.0. The number of ether oxygens (including phenoxy) is 1. The van der Waals surface area contributed by atoms with E-state index in [1.807, 2.05) is 37.4 Å². The van der Waals surface area contributed by atoms with Gasteiger partial charge in [0, 0.05) is 25.0 Å². The minimum atomic E-state index is 0.786. The van der Waals surface area contributed by atoms with E-state index in [-0.39, 0.29) is 0 Å². The Morgan fingerprint density at radius 3 is 2.63 bits per heavy atom. The van der Waals surface area contributed by atoms with E-state index in [0.717, 1.165) is 28.1 Å². The van der Waals surface area contributed by atoms with Gasteiger partial charge in [0.15, 0.2) is 0 Å². The van der Waals surface area contributed by atoms with Gasteiger partial charge in [0.1, 0.15) is 5.75 Å². The quantitative estimate of drug-likeness (QED) is 0.869. The summed E-state index contributed by atoms with van der Waals surface area (Å²) in [7, 11) is 3.59. The second-order valence-electron chi connectivity index (χ2n) is 4.15.